The second kappa shape index (κ2) is 5.89. The van der Waals surface area contributed by atoms with Crippen molar-refractivity contribution < 1.29 is 4.74 Å². The van der Waals surface area contributed by atoms with E-state index in [1.807, 2.05) is 24.3 Å². The Balaban J connectivity index is 2.13. The molecule has 0 spiro atoms. The van der Waals surface area contributed by atoms with Crippen molar-refractivity contribution in [3.63, 3.8) is 0 Å². The van der Waals surface area contributed by atoms with E-state index in [-0.39, 0.29) is 6.04 Å². The van der Waals surface area contributed by atoms with Crippen molar-refractivity contribution >= 4 is 17.0 Å². The Hall–Kier alpha value is -1.52. The largest absolute Gasteiger partial charge is 0.497 e. The van der Waals surface area contributed by atoms with Crippen LogP contribution in [0.5, 0.6) is 5.75 Å². The van der Waals surface area contributed by atoms with E-state index in [9.17, 15) is 0 Å². The number of rotatable bonds is 5. The maximum atomic E-state index is 5.86. The molecule has 1 aromatic heterocycles. The Morgan fingerprint density at radius 2 is 2.00 bits per heavy atom. The summed E-state index contributed by atoms with van der Waals surface area (Å²) in [4.78, 5) is 1.30. The van der Waals surface area contributed by atoms with Crippen LogP contribution in [0.4, 0.5) is 5.69 Å². The molecule has 2 rings (SSSR count). The highest BCUT2D eigenvalue weighted by atomic mass is 32.1. The molecule has 0 aliphatic carbocycles. The lowest BCUT2D eigenvalue weighted by atomic mass is 10.1. The van der Waals surface area contributed by atoms with Gasteiger partial charge in [0.25, 0.3) is 0 Å². The zero-order valence-corrected chi connectivity index (χ0v) is 11.5. The molecule has 0 aliphatic heterocycles. The van der Waals surface area contributed by atoms with E-state index in [0.29, 0.717) is 6.54 Å². The summed E-state index contributed by atoms with van der Waals surface area (Å²) in [6.07, 6.45) is 0. The molecule has 3 N–H and O–H groups in total. The minimum atomic E-state index is 0.165. The number of anilines is 1. The Morgan fingerprint density at radius 1 is 1.28 bits per heavy atom. The lowest BCUT2D eigenvalue weighted by molar-refractivity contribution is 0.415. The fourth-order valence-corrected chi connectivity index (χ4v) is 2.85. The fourth-order valence-electron chi connectivity index (χ4n) is 1.86. The minimum Gasteiger partial charge on any atom is -0.497 e. The lowest BCUT2D eigenvalue weighted by Crippen LogP contribution is -2.20. The highest BCUT2D eigenvalue weighted by Gasteiger charge is 2.13. The Bertz CT molecular complexity index is 493. The molecule has 0 fully saturated rings. The summed E-state index contributed by atoms with van der Waals surface area (Å²) >= 11 is 1.74. The predicted octanol–water partition coefficient (Wildman–Crippen LogP) is 3.18. The SMILES string of the molecule is COc1ccc(NC(CN)c2sccc2C)cc1. The first-order chi connectivity index (χ1) is 8.74. The Morgan fingerprint density at radius 3 is 2.50 bits per heavy atom. The fraction of sp³-hybridized carbons (Fsp3) is 0.286. The van der Waals surface area contributed by atoms with Gasteiger partial charge in [-0.25, -0.2) is 0 Å². The molecule has 0 saturated heterocycles. The molecule has 0 bridgehead atoms. The average molecular weight is 262 g/mol. The molecule has 0 amide bonds. The van der Waals surface area contributed by atoms with Crippen LogP contribution in [0.3, 0.4) is 0 Å². The Kier molecular flexibility index (Phi) is 4.23. The molecule has 0 radical (unpaired) electrons. The second-order valence-electron chi connectivity index (χ2n) is 4.13. The molecule has 18 heavy (non-hydrogen) atoms. The molecule has 1 heterocycles. The van der Waals surface area contributed by atoms with Crippen molar-refractivity contribution in [2.45, 2.75) is 13.0 Å². The average Bonchev–Trinajstić information content (AvgIpc) is 2.83. The summed E-state index contributed by atoms with van der Waals surface area (Å²) in [7, 11) is 1.67. The van der Waals surface area contributed by atoms with Gasteiger partial charge >= 0.3 is 0 Å². The third kappa shape index (κ3) is 2.83. The standard InChI is InChI=1S/C14H18N2OS/c1-10-7-8-18-14(10)13(9-15)16-11-3-5-12(17-2)6-4-11/h3-8,13,16H,9,15H2,1-2H3. The Labute approximate surface area is 112 Å². The number of thiophene rings is 1. The molecule has 2 aromatic rings. The zero-order chi connectivity index (χ0) is 13.0. The van der Waals surface area contributed by atoms with Crippen LogP contribution in [0.15, 0.2) is 35.7 Å². The summed E-state index contributed by atoms with van der Waals surface area (Å²) in [5.41, 5.74) is 8.20. The van der Waals surface area contributed by atoms with E-state index >= 15 is 0 Å². The van der Waals surface area contributed by atoms with Crippen LogP contribution in [0.1, 0.15) is 16.5 Å². The van der Waals surface area contributed by atoms with Gasteiger partial charge in [-0.05, 0) is 48.2 Å². The summed E-state index contributed by atoms with van der Waals surface area (Å²) in [5, 5.41) is 5.55. The number of methoxy groups -OCH3 is 1. The van der Waals surface area contributed by atoms with Crippen molar-refractivity contribution in [1.82, 2.24) is 0 Å². The first-order valence-electron chi connectivity index (χ1n) is 5.89. The summed E-state index contributed by atoms with van der Waals surface area (Å²) in [6, 6.07) is 10.2. The molecule has 3 nitrogen and oxygen atoms in total. The number of aryl methyl sites for hydroxylation is 1. The van der Waals surface area contributed by atoms with Gasteiger partial charge in [0.1, 0.15) is 5.75 Å². The summed E-state index contributed by atoms with van der Waals surface area (Å²) in [5.74, 6) is 0.858. The van der Waals surface area contributed by atoms with Crippen LogP contribution in [-0.4, -0.2) is 13.7 Å². The maximum absolute atomic E-state index is 5.86. The van der Waals surface area contributed by atoms with E-state index in [4.69, 9.17) is 10.5 Å². The van der Waals surface area contributed by atoms with Gasteiger partial charge in [0.2, 0.25) is 0 Å². The van der Waals surface area contributed by atoms with Crippen LogP contribution < -0.4 is 15.8 Å². The number of ether oxygens (including phenoxy) is 1. The topological polar surface area (TPSA) is 47.3 Å². The molecule has 0 aliphatic rings. The number of hydrogen-bond donors (Lipinski definition) is 2. The summed E-state index contributed by atoms with van der Waals surface area (Å²) < 4.78 is 5.14. The van der Waals surface area contributed by atoms with E-state index in [2.05, 4.69) is 23.7 Å². The smallest absolute Gasteiger partial charge is 0.119 e. The second-order valence-corrected chi connectivity index (χ2v) is 5.08. The van der Waals surface area contributed by atoms with Gasteiger partial charge in [-0.3, -0.25) is 0 Å². The monoisotopic (exact) mass is 262 g/mol. The third-order valence-corrected chi connectivity index (χ3v) is 4.02. The first-order valence-corrected chi connectivity index (χ1v) is 6.77. The van der Waals surface area contributed by atoms with Crippen LogP contribution in [0.2, 0.25) is 0 Å². The molecule has 1 aromatic carbocycles. The predicted molar refractivity (Wildman–Crippen MR) is 77.5 cm³/mol. The van der Waals surface area contributed by atoms with Crippen LogP contribution in [-0.2, 0) is 0 Å². The molecule has 1 unspecified atom stereocenters. The van der Waals surface area contributed by atoms with Gasteiger partial charge in [-0.2, -0.15) is 0 Å². The van der Waals surface area contributed by atoms with E-state index < -0.39 is 0 Å². The zero-order valence-electron chi connectivity index (χ0n) is 10.6. The first kappa shape index (κ1) is 12.9. The normalized spacial score (nSPS) is 12.2. The van der Waals surface area contributed by atoms with E-state index in [1.54, 1.807) is 18.4 Å². The van der Waals surface area contributed by atoms with Crippen LogP contribution in [0.25, 0.3) is 0 Å². The number of nitrogens with one attached hydrogen (secondary N) is 1. The van der Waals surface area contributed by atoms with Gasteiger partial charge in [0, 0.05) is 17.1 Å². The molecular weight excluding hydrogens is 244 g/mol. The number of hydrogen-bond acceptors (Lipinski definition) is 4. The van der Waals surface area contributed by atoms with Crippen LogP contribution >= 0.6 is 11.3 Å². The molecular formula is C14H18N2OS. The molecule has 0 saturated carbocycles. The number of benzene rings is 1. The van der Waals surface area contributed by atoms with Gasteiger partial charge in [0.15, 0.2) is 0 Å². The lowest BCUT2D eigenvalue weighted by Gasteiger charge is -2.18. The summed E-state index contributed by atoms with van der Waals surface area (Å²) in [6.45, 7) is 2.69. The van der Waals surface area contributed by atoms with E-state index in [0.717, 1.165) is 11.4 Å². The van der Waals surface area contributed by atoms with Crippen molar-refractivity contribution in [2.24, 2.45) is 5.73 Å². The van der Waals surface area contributed by atoms with Gasteiger partial charge in [-0.15, -0.1) is 11.3 Å². The number of nitrogens with two attached hydrogens (primary N) is 1. The maximum Gasteiger partial charge on any atom is 0.119 e. The molecule has 1 atom stereocenters. The van der Waals surface area contributed by atoms with Gasteiger partial charge < -0.3 is 15.8 Å². The van der Waals surface area contributed by atoms with E-state index in [1.165, 1.54) is 10.4 Å². The highest BCUT2D eigenvalue weighted by Crippen LogP contribution is 2.27. The third-order valence-electron chi connectivity index (χ3n) is 2.88. The minimum absolute atomic E-state index is 0.165. The van der Waals surface area contributed by atoms with Crippen LogP contribution in [0, 0.1) is 6.92 Å². The van der Waals surface area contributed by atoms with Crippen molar-refractivity contribution in [3.05, 3.63) is 46.2 Å². The highest BCUT2D eigenvalue weighted by molar-refractivity contribution is 7.10. The molecule has 4 heteroatoms. The van der Waals surface area contributed by atoms with Crippen molar-refractivity contribution in [1.29, 1.82) is 0 Å². The van der Waals surface area contributed by atoms with Gasteiger partial charge in [0.05, 0.1) is 13.2 Å². The van der Waals surface area contributed by atoms with Gasteiger partial charge in [-0.1, -0.05) is 0 Å². The molecule has 96 valence electrons. The quantitative estimate of drug-likeness (QED) is 0.870. The van der Waals surface area contributed by atoms with Crippen molar-refractivity contribution in [2.75, 3.05) is 19.0 Å². The van der Waals surface area contributed by atoms with Crippen molar-refractivity contribution in [3.8, 4) is 5.75 Å².